The maximum atomic E-state index is 13.5. The topological polar surface area (TPSA) is 122 Å². The van der Waals surface area contributed by atoms with Crippen LogP contribution in [0.15, 0.2) is 71.5 Å². The number of anilines is 1. The van der Waals surface area contributed by atoms with E-state index in [-0.39, 0.29) is 23.5 Å². The molecule has 1 aliphatic rings. The number of hydrogen-bond acceptors (Lipinski definition) is 6. The van der Waals surface area contributed by atoms with Gasteiger partial charge in [-0.15, -0.1) is 0 Å². The summed E-state index contributed by atoms with van der Waals surface area (Å²) in [4.78, 5) is 39.7. The first-order valence-electron chi connectivity index (χ1n) is 13.9. The second-order valence-corrected chi connectivity index (χ2v) is 11.7. The predicted octanol–water partition coefficient (Wildman–Crippen LogP) is 5.37. The molecule has 6 rings (SSSR count). The van der Waals surface area contributed by atoms with E-state index in [1.165, 1.54) is 0 Å². The van der Waals surface area contributed by atoms with Gasteiger partial charge in [0, 0.05) is 47.6 Å². The fourth-order valence-corrected chi connectivity index (χ4v) is 5.36. The van der Waals surface area contributed by atoms with Gasteiger partial charge in [-0.05, 0) is 57.5 Å². The number of ether oxygens (including phenoxy) is 1. The molecule has 0 radical (unpaired) electrons. The van der Waals surface area contributed by atoms with Crippen molar-refractivity contribution in [2.45, 2.75) is 39.8 Å². The number of aryl methyl sites for hydroxylation is 1. The first kappa shape index (κ1) is 27.2. The standard InChI is InChI=1S/C32H32N6O4/c1-19-15-21(13-14-22(19)27-23-9-5-6-10-24(23)29(39)35-34-27)33-30(40)28-25-11-7-8-12-26(25)38(36-28)18-20-16-37(17-20)31(41)42-32(2,3)4/h5-15,20H,16-18H2,1-4H3,(H,33,40)(H,35,39). The van der Waals surface area contributed by atoms with Gasteiger partial charge in [-0.1, -0.05) is 42.5 Å². The fraction of sp³-hybridized carbons (Fsp3) is 0.281. The number of para-hydroxylation sites is 1. The normalized spacial score (nSPS) is 13.8. The SMILES string of the molecule is Cc1cc(NC(=O)c2nn(CC3CN(C(=O)OC(C)(C)C)C3)c3ccccc23)ccc1-c1n[nH]c(=O)c2ccccc12. The van der Waals surface area contributed by atoms with E-state index in [1.807, 2.05) is 93.0 Å². The van der Waals surface area contributed by atoms with Crippen LogP contribution in [0.25, 0.3) is 32.9 Å². The number of rotatable bonds is 5. The molecule has 0 aliphatic carbocycles. The number of fused-ring (bicyclic) bond motifs is 2. The van der Waals surface area contributed by atoms with E-state index in [9.17, 15) is 14.4 Å². The Morgan fingerprint density at radius 2 is 1.69 bits per heavy atom. The van der Waals surface area contributed by atoms with Crippen LogP contribution < -0.4 is 10.9 Å². The zero-order valence-electron chi connectivity index (χ0n) is 24.0. The molecule has 1 fully saturated rings. The smallest absolute Gasteiger partial charge is 0.410 e. The molecule has 0 atom stereocenters. The lowest BCUT2D eigenvalue weighted by molar-refractivity contribution is -0.00364. The Balaban J connectivity index is 1.20. The molecule has 0 unspecified atom stereocenters. The number of hydrogen-bond donors (Lipinski definition) is 2. The largest absolute Gasteiger partial charge is 0.444 e. The summed E-state index contributed by atoms with van der Waals surface area (Å²) < 4.78 is 7.31. The summed E-state index contributed by atoms with van der Waals surface area (Å²) in [6.07, 6.45) is -0.310. The lowest BCUT2D eigenvalue weighted by Crippen LogP contribution is -2.52. The number of H-pyrrole nitrogens is 1. The quantitative estimate of drug-likeness (QED) is 0.296. The molecule has 2 N–H and O–H groups in total. The molecule has 0 bridgehead atoms. The number of carbonyl (C=O) groups is 2. The second kappa shape index (κ2) is 10.4. The van der Waals surface area contributed by atoms with Crippen molar-refractivity contribution in [2.24, 2.45) is 5.92 Å². The van der Waals surface area contributed by atoms with Crippen LogP contribution in [0.3, 0.4) is 0 Å². The zero-order valence-corrected chi connectivity index (χ0v) is 24.0. The number of nitrogens with one attached hydrogen (secondary N) is 2. The molecule has 3 aromatic carbocycles. The highest BCUT2D eigenvalue weighted by Crippen LogP contribution is 2.30. The molecule has 42 heavy (non-hydrogen) atoms. The van der Waals surface area contributed by atoms with Gasteiger partial charge in [-0.2, -0.15) is 10.2 Å². The molecule has 0 spiro atoms. The van der Waals surface area contributed by atoms with E-state index in [4.69, 9.17) is 9.84 Å². The van der Waals surface area contributed by atoms with Crippen molar-refractivity contribution in [2.75, 3.05) is 18.4 Å². The molecule has 10 nitrogen and oxygen atoms in total. The van der Waals surface area contributed by atoms with Crippen LogP contribution in [0.4, 0.5) is 10.5 Å². The summed E-state index contributed by atoms with van der Waals surface area (Å²) in [5.41, 5.74) is 3.48. The van der Waals surface area contributed by atoms with Crippen molar-refractivity contribution >= 4 is 39.4 Å². The Hall–Kier alpha value is -4.99. The molecule has 1 aliphatic heterocycles. The average molecular weight is 565 g/mol. The summed E-state index contributed by atoms with van der Waals surface area (Å²) in [5, 5.41) is 16.7. The molecule has 0 saturated carbocycles. The Labute approximate surface area is 242 Å². The third kappa shape index (κ3) is 5.23. The predicted molar refractivity (Wildman–Crippen MR) is 162 cm³/mol. The lowest BCUT2D eigenvalue weighted by Gasteiger charge is -2.39. The summed E-state index contributed by atoms with van der Waals surface area (Å²) in [6.45, 7) is 9.24. The number of benzene rings is 3. The number of aromatic amines is 1. The number of likely N-dealkylation sites (tertiary alicyclic amines) is 1. The summed E-state index contributed by atoms with van der Waals surface area (Å²) in [6, 6.07) is 20.6. The van der Waals surface area contributed by atoms with Crippen molar-refractivity contribution in [1.82, 2.24) is 24.9 Å². The number of aromatic nitrogens is 4. The van der Waals surface area contributed by atoms with Crippen molar-refractivity contribution in [1.29, 1.82) is 0 Å². The van der Waals surface area contributed by atoms with E-state index in [0.717, 1.165) is 27.4 Å². The number of nitrogens with zero attached hydrogens (tertiary/aromatic N) is 4. The first-order valence-corrected chi connectivity index (χ1v) is 13.9. The number of carbonyl (C=O) groups excluding carboxylic acids is 2. The molecule has 2 amide bonds. The average Bonchev–Trinajstić information content (AvgIpc) is 3.29. The van der Waals surface area contributed by atoms with Gasteiger partial charge < -0.3 is 15.0 Å². The van der Waals surface area contributed by atoms with Gasteiger partial charge in [0.15, 0.2) is 5.69 Å². The van der Waals surface area contributed by atoms with E-state index < -0.39 is 5.60 Å². The summed E-state index contributed by atoms with van der Waals surface area (Å²) in [5.74, 6) is -0.0988. The van der Waals surface area contributed by atoms with E-state index in [2.05, 4.69) is 15.5 Å². The monoisotopic (exact) mass is 564 g/mol. The first-order chi connectivity index (χ1) is 20.1. The van der Waals surface area contributed by atoms with Crippen LogP contribution in [0.2, 0.25) is 0 Å². The van der Waals surface area contributed by atoms with Crippen molar-refractivity contribution < 1.29 is 14.3 Å². The van der Waals surface area contributed by atoms with Crippen LogP contribution in [-0.2, 0) is 11.3 Å². The fourth-order valence-electron chi connectivity index (χ4n) is 5.36. The van der Waals surface area contributed by atoms with Gasteiger partial charge in [0.05, 0.1) is 16.6 Å². The molecule has 10 heteroatoms. The highest BCUT2D eigenvalue weighted by atomic mass is 16.6. The third-order valence-electron chi connectivity index (χ3n) is 7.35. The van der Waals surface area contributed by atoms with Gasteiger partial charge in [-0.25, -0.2) is 9.89 Å². The molecule has 3 heterocycles. The van der Waals surface area contributed by atoms with Gasteiger partial charge in [0.1, 0.15) is 5.60 Å². The summed E-state index contributed by atoms with van der Waals surface area (Å²) >= 11 is 0. The molecule has 5 aromatic rings. The minimum Gasteiger partial charge on any atom is -0.444 e. The third-order valence-corrected chi connectivity index (χ3v) is 7.35. The minimum atomic E-state index is -0.533. The van der Waals surface area contributed by atoms with E-state index in [1.54, 1.807) is 11.0 Å². The molecule has 1 saturated heterocycles. The van der Waals surface area contributed by atoms with Crippen LogP contribution in [-0.4, -0.2) is 55.6 Å². The minimum absolute atomic E-state index is 0.213. The maximum Gasteiger partial charge on any atom is 0.410 e. The van der Waals surface area contributed by atoms with Crippen molar-refractivity contribution in [3.05, 3.63) is 88.3 Å². The van der Waals surface area contributed by atoms with Gasteiger partial charge in [0.2, 0.25) is 0 Å². The molecular weight excluding hydrogens is 532 g/mol. The Morgan fingerprint density at radius 1 is 1.00 bits per heavy atom. The van der Waals surface area contributed by atoms with Gasteiger partial charge in [0.25, 0.3) is 11.5 Å². The lowest BCUT2D eigenvalue weighted by atomic mass is 10.0. The van der Waals surface area contributed by atoms with Crippen molar-refractivity contribution in [3.8, 4) is 11.3 Å². The maximum absolute atomic E-state index is 13.5. The summed E-state index contributed by atoms with van der Waals surface area (Å²) in [7, 11) is 0. The molecule has 214 valence electrons. The van der Waals surface area contributed by atoms with Crippen molar-refractivity contribution in [3.63, 3.8) is 0 Å². The Morgan fingerprint density at radius 3 is 2.40 bits per heavy atom. The highest BCUT2D eigenvalue weighted by molar-refractivity contribution is 6.11. The van der Waals surface area contributed by atoms with E-state index >= 15 is 0 Å². The van der Waals surface area contributed by atoms with Gasteiger partial charge >= 0.3 is 6.09 Å². The zero-order chi connectivity index (χ0) is 29.6. The Bertz CT molecular complexity index is 1900. The van der Waals surface area contributed by atoms with Crippen LogP contribution >= 0.6 is 0 Å². The second-order valence-electron chi connectivity index (χ2n) is 11.7. The van der Waals surface area contributed by atoms with Gasteiger partial charge in [-0.3, -0.25) is 14.3 Å². The van der Waals surface area contributed by atoms with Crippen LogP contribution in [0, 0.1) is 12.8 Å². The van der Waals surface area contributed by atoms with Crippen LogP contribution in [0.5, 0.6) is 0 Å². The molecule has 2 aromatic heterocycles. The van der Waals surface area contributed by atoms with E-state index in [0.29, 0.717) is 42.1 Å². The highest BCUT2D eigenvalue weighted by Gasteiger charge is 2.34. The number of amides is 2. The molecular formula is C32H32N6O4. The van der Waals surface area contributed by atoms with Crippen LogP contribution in [0.1, 0.15) is 36.8 Å². The Kier molecular flexibility index (Phi) is 6.76.